The summed E-state index contributed by atoms with van der Waals surface area (Å²) < 4.78 is 2.03. The van der Waals surface area contributed by atoms with E-state index in [0.717, 1.165) is 34.3 Å². The summed E-state index contributed by atoms with van der Waals surface area (Å²) in [5, 5.41) is 0.826. The second-order valence-corrected chi connectivity index (χ2v) is 8.27. The van der Waals surface area contributed by atoms with Gasteiger partial charge in [-0.15, -0.1) is 0 Å². The Balaban J connectivity index is 1.93. The van der Waals surface area contributed by atoms with Gasteiger partial charge < -0.3 is 5.73 Å². The van der Waals surface area contributed by atoms with Gasteiger partial charge in [0.2, 0.25) is 0 Å². The van der Waals surface area contributed by atoms with Crippen LogP contribution in [-0.2, 0) is 5.41 Å². The van der Waals surface area contributed by atoms with E-state index in [1.807, 2.05) is 22.8 Å². The number of nitrogens with zero attached hydrogens (tertiary/aromatic N) is 3. The zero-order chi connectivity index (χ0) is 21.5. The van der Waals surface area contributed by atoms with Crippen LogP contribution < -0.4 is 11.3 Å². The van der Waals surface area contributed by atoms with Gasteiger partial charge in [-0.05, 0) is 49.6 Å². The molecule has 7 heteroatoms. The topological polar surface area (TPSA) is 73.3 Å². The molecule has 0 aliphatic carbocycles. The summed E-state index contributed by atoms with van der Waals surface area (Å²) >= 11 is 6.34. The van der Waals surface area contributed by atoms with Crippen molar-refractivity contribution in [1.82, 2.24) is 9.55 Å². The first-order valence-electron chi connectivity index (χ1n) is 9.89. The van der Waals surface area contributed by atoms with Crippen molar-refractivity contribution in [3.8, 4) is 5.69 Å². The Morgan fingerprint density at radius 1 is 1.33 bits per heavy atom. The molecule has 2 heterocycles. The summed E-state index contributed by atoms with van der Waals surface area (Å²) in [5.41, 5.74) is 9.70. The lowest BCUT2D eigenvalue weighted by atomic mass is 9.85. The van der Waals surface area contributed by atoms with Crippen LogP contribution in [0.1, 0.15) is 37.2 Å². The van der Waals surface area contributed by atoms with Crippen molar-refractivity contribution in [2.75, 3.05) is 6.54 Å². The molecular formula is C23H22BClN4O. The molecule has 3 aromatic rings. The van der Waals surface area contributed by atoms with Crippen molar-refractivity contribution < 1.29 is 0 Å². The first kappa shape index (κ1) is 20.4. The summed E-state index contributed by atoms with van der Waals surface area (Å²) in [5.74, 6) is 0.698. The average molecular weight is 417 g/mol. The van der Waals surface area contributed by atoms with Gasteiger partial charge in [0.1, 0.15) is 5.82 Å². The predicted molar refractivity (Wildman–Crippen MR) is 125 cm³/mol. The fourth-order valence-corrected chi connectivity index (χ4v) is 4.24. The Morgan fingerprint density at radius 2 is 2.13 bits per heavy atom. The maximum atomic E-state index is 12.7. The zero-order valence-corrected chi connectivity index (χ0v) is 17.8. The summed E-state index contributed by atoms with van der Waals surface area (Å²) in [6.07, 6.45) is 4.75. The molecule has 0 fully saturated rings. The Hall–Kier alpha value is -2.86. The number of aromatic nitrogens is 2. The van der Waals surface area contributed by atoms with Gasteiger partial charge in [-0.3, -0.25) is 14.4 Å². The molecule has 4 rings (SSSR count). The second-order valence-electron chi connectivity index (χ2n) is 7.87. The molecule has 1 aliphatic rings. The van der Waals surface area contributed by atoms with Crippen molar-refractivity contribution in [2.24, 2.45) is 10.7 Å². The number of hydrogen-bond donors (Lipinski definition) is 1. The van der Waals surface area contributed by atoms with Crippen LogP contribution in [0.5, 0.6) is 0 Å². The number of hydrogen-bond acceptors (Lipinski definition) is 4. The van der Waals surface area contributed by atoms with Gasteiger partial charge in [0, 0.05) is 24.5 Å². The van der Waals surface area contributed by atoms with Crippen molar-refractivity contribution in [1.29, 1.82) is 0 Å². The highest BCUT2D eigenvalue weighted by Gasteiger charge is 2.38. The largest absolute Gasteiger partial charge is 0.404 e. The van der Waals surface area contributed by atoms with Gasteiger partial charge in [0.15, 0.2) is 0 Å². The number of aliphatic imine (C=N–C) groups is 1. The van der Waals surface area contributed by atoms with E-state index in [2.05, 4.69) is 36.0 Å². The molecule has 0 saturated carbocycles. The fourth-order valence-electron chi connectivity index (χ4n) is 3.99. The minimum atomic E-state index is -0.425. The molecule has 30 heavy (non-hydrogen) atoms. The van der Waals surface area contributed by atoms with Gasteiger partial charge in [-0.25, -0.2) is 0 Å². The smallest absolute Gasteiger partial charge is 0.282 e. The monoisotopic (exact) mass is 416 g/mol. The normalized spacial score (nSPS) is 15.0. The molecule has 2 aromatic carbocycles. The van der Waals surface area contributed by atoms with Crippen LogP contribution in [0, 0.1) is 0 Å². The lowest BCUT2D eigenvalue weighted by molar-refractivity contribution is 0.610. The van der Waals surface area contributed by atoms with Crippen LogP contribution in [0.3, 0.4) is 0 Å². The molecule has 1 aromatic heterocycles. The van der Waals surface area contributed by atoms with Gasteiger partial charge >= 0.3 is 0 Å². The van der Waals surface area contributed by atoms with Crippen LogP contribution in [0.25, 0.3) is 22.2 Å². The van der Waals surface area contributed by atoms with E-state index < -0.39 is 5.41 Å². The van der Waals surface area contributed by atoms with E-state index in [9.17, 15) is 4.79 Å². The molecule has 2 radical (unpaired) electrons. The standard InChI is InChI=1S/C23H22BClN4O/c1-23(2)16-8-7-14(15(12-26)13-27-10-4-9-24)11-19(16)29-18-6-3-5-17(25)20(18)21(30)28-22(23)29/h3,5-8,11-13H,4,9-10,26H2,1-2H3/b15-12+,27-13?. The number of allylic oxidation sites excluding steroid dienone is 1. The molecule has 5 nitrogen and oxygen atoms in total. The van der Waals surface area contributed by atoms with E-state index in [1.165, 1.54) is 0 Å². The van der Waals surface area contributed by atoms with E-state index in [0.29, 0.717) is 29.1 Å². The van der Waals surface area contributed by atoms with Crippen molar-refractivity contribution >= 4 is 42.1 Å². The van der Waals surface area contributed by atoms with Crippen LogP contribution in [0.15, 0.2) is 52.4 Å². The minimum absolute atomic E-state index is 0.308. The van der Waals surface area contributed by atoms with Gasteiger partial charge in [-0.1, -0.05) is 36.1 Å². The Bertz CT molecular complexity index is 1260. The van der Waals surface area contributed by atoms with Crippen LogP contribution in [0.4, 0.5) is 0 Å². The lowest BCUT2D eigenvalue weighted by Gasteiger charge is -2.18. The highest BCUT2D eigenvalue weighted by atomic mass is 35.5. The zero-order valence-electron chi connectivity index (χ0n) is 17.0. The molecule has 0 bridgehead atoms. The van der Waals surface area contributed by atoms with Crippen molar-refractivity contribution in [3.63, 3.8) is 0 Å². The van der Waals surface area contributed by atoms with Crippen molar-refractivity contribution in [3.05, 3.63) is 74.9 Å². The first-order chi connectivity index (χ1) is 14.4. The average Bonchev–Trinajstić information content (AvgIpc) is 2.95. The number of benzene rings is 2. The molecule has 0 unspecified atom stereocenters. The lowest BCUT2D eigenvalue weighted by Crippen LogP contribution is -2.24. The molecule has 1 aliphatic heterocycles. The summed E-state index contributed by atoms with van der Waals surface area (Å²) in [6.45, 7) is 4.80. The number of nitrogens with two attached hydrogens (primary N) is 1. The highest BCUT2D eigenvalue weighted by molar-refractivity contribution is 6.35. The fraction of sp³-hybridized carbons (Fsp3) is 0.261. The maximum absolute atomic E-state index is 12.7. The number of rotatable bonds is 5. The van der Waals surface area contributed by atoms with Crippen molar-refractivity contribution in [2.45, 2.75) is 32.0 Å². The predicted octanol–water partition coefficient (Wildman–Crippen LogP) is 4.03. The van der Waals surface area contributed by atoms with Gasteiger partial charge in [-0.2, -0.15) is 4.98 Å². The Labute approximate surface area is 181 Å². The highest BCUT2D eigenvalue weighted by Crippen LogP contribution is 2.43. The molecule has 0 saturated heterocycles. The number of halogens is 1. The molecular weight excluding hydrogens is 395 g/mol. The second kappa shape index (κ2) is 7.76. The van der Waals surface area contributed by atoms with Gasteiger partial charge in [0.05, 0.1) is 34.9 Å². The van der Waals surface area contributed by atoms with Crippen LogP contribution in [0.2, 0.25) is 11.3 Å². The molecule has 0 amide bonds. The summed E-state index contributed by atoms with van der Waals surface area (Å²) in [6, 6.07) is 11.6. The first-order valence-corrected chi connectivity index (χ1v) is 10.3. The quantitative estimate of drug-likeness (QED) is 0.388. The summed E-state index contributed by atoms with van der Waals surface area (Å²) in [7, 11) is 5.53. The van der Waals surface area contributed by atoms with Gasteiger partial charge in [0.25, 0.3) is 5.56 Å². The molecule has 150 valence electrons. The Morgan fingerprint density at radius 3 is 2.87 bits per heavy atom. The third-order valence-corrected chi connectivity index (χ3v) is 5.89. The van der Waals surface area contributed by atoms with Crippen LogP contribution >= 0.6 is 11.6 Å². The third-order valence-electron chi connectivity index (χ3n) is 5.57. The van der Waals surface area contributed by atoms with E-state index in [1.54, 1.807) is 18.5 Å². The van der Waals surface area contributed by atoms with E-state index in [4.69, 9.17) is 25.2 Å². The maximum Gasteiger partial charge on any atom is 0.282 e. The summed E-state index contributed by atoms with van der Waals surface area (Å²) in [4.78, 5) is 21.6. The molecule has 0 atom stereocenters. The minimum Gasteiger partial charge on any atom is -0.404 e. The number of fused-ring (bicyclic) bond motifs is 5. The van der Waals surface area contributed by atoms with E-state index >= 15 is 0 Å². The third kappa shape index (κ3) is 3.16. The van der Waals surface area contributed by atoms with E-state index in [-0.39, 0.29) is 5.56 Å². The Kier molecular flexibility index (Phi) is 5.28. The molecule has 0 spiro atoms. The van der Waals surface area contributed by atoms with Crippen LogP contribution in [-0.4, -0.2) is 30.2 Å². The SMILES string of the molecule is [B]CCCN=C/C(=C\N)c1ccc2c(c1)-n1c(nc(=O)c3c(Cl)cccc31)C2(C)C. The molecule has 2 N–H and O–H groups in total.